The van der Waals surface area contributed by atoms with Crippen molar-refractivity contribution in [3.63, 3.8) is 0 Å². The molecule has 1 aliphatic heterocycles. The van der Waals surface area contributed by atoms with Gasteiger partial charge in [-0.3, -0.25) is 10.2 Å². The van der Waals surface area contributed by atoms with Gasteiger partial charge in [0.1, 0.15) is 0 Å². The Morgan fingerprint density at radius 2 is 1.90 bits per heavy atom. The summed E-state index contributed by atoms with van der Waals surface area (Å²) in [6, 6.07) is 8.75. The zero-order valence-corrected chi connectivity index (χ0v) is 11.9. The van der Waals surface area contributed by atoms with Gasteiger partial charge in [0.2, 0.25) is 5.91 Å². The molecule has 1 saturated heterocycles. The molecule has 4 heteroatoms. The maximum absolute atomic E-state index is 12.0. The first-order valence-electron chi connectivity index (χ1n) is 7.57. The molecule has 0 radical (unpaired) electrons. The van der Waals surface area contributed by atoms with E-state index in [9.17, 15) is 4.79 Å². The number of nitrogens with two attached hydrogens (primary N) is 1. The quantitative estimate of drug-likeness (QED) is 0.773. The average molecular weight is 273 g/mol. The summed E-state index contributed by atoms with van der Waals surface area (Å²) in [7, 11) is 0. The first kappa shape index (κ1) is 13.6. The van der Waals surface area contributed by atoms with E-state index in [1.54, 1.807) is 0 Å². The summed E-state index contributed by atoms with van der Waals surface area (Å²) in [6.45, 7) is 1.99. The molecular weight excluding hydrogens is 250 g/mol. The van der Waals surface area contributed by atoms with Gasteiger partial charge >= 0.3 is 0 Å². The Kier molecular flexibility index (Phi) is 3.76. The summed E-state index contributed by atoms with van der Waals surface area (Å²) in [6.07, 6.45) is 4.55. The highest BCUT2D eigenvalue weighted by Gasteiger charge is 2.40. The van der Waals surface area contributed by atoms with Gasteiger partial charge in [-0.15, -0.1) is 0 Å². The molecule has 4 N–H and O–H groups in total. The third-order valence-electron chi connectivity index (χ3n) is 4.76. The molecule has 0 bridgehead atoms. The number of amides is 1. The van der Waals surface area contributed by atoms with Crippen LogP contribution in [0.1, 0.15) is 55.8 Å². The largest absolute Gasteiger partial charge is 0.324 e. The van der Waals surface area contributed by atoms with Crippen LogP contribution in [0.15, 0.2) is 24.3 Å². The van der Waals surface area contributed by atoms with Crippen LogP contribution in [0.25, 0.3) is 0 Å². The van der Waals surface area contributed by atoms with Crippen LogP contribution in [-0.2, 0) is 4.79 Å². The van der Waals surface area contributed by atoms with E-state index in [1.165, 1.54) is 18.4 Å². The molecule has 1 aromatic rings. The van der Waals surface area contributed by atoms with Crippen LogP contribution >= 0.6 is 0 Å². The van der Waals surface area contributed by atoms with Crippen molar-refractivity contribution in [1.82, 2.24) is 10.9 Å². The Balaban J connectivity index is 1.83. The van der Waals surface area contributed by atoms with E-state index in [2.05, 4.69) is 35.1 Å². The zero-order valence-electron chi connectivity index (χ0n) is 11.9. The maximum atomic E-state index is 12.0. The molecule has 1 amide bonds. The van der Waals surface area contributed by atoms with Gasteiger partial charge in [0.05, 0.1) is 6.04 Å². The van der Waals surface area contributed by atoms with Crippen molar-refractivity contribution >= 4 is 5.91 Å². The van der Waals surface area contributed by atoms with E-state index >= 15 is 0 Å². The Labute approximate surface area is 120 Å². The number of carbonyl (C=O) groups is 1. The van der Waals surface area contributed by atoms with E-state index in [0.717, 1.165) is 18.4 Å². The van der Waals surface area contributed by atoms with Crippen molar-refractivity contribution in [3.8, 4) is 0 Å². The van der Waals surface area contributed by atoms with Gasteiger partial charge in [-0.05, 0) is 36.8 Å². The minimum absolute atomic E-state index is 0.0606. The van der Waals surface area contributed by atoms with E-state index in [4.69, 9.17) is 5.73 Å². The second kappa shape index (κ2) is 5.54. The van der Waals surface area contributed by atoms with Gasteiger partial charge < -0.3 is 5.73 Å². The summed E-state index contributed by atoms with van der Waals surface area (Å²) in [5.74, 6) is 0.750. The summed E-state index contributed by atoms with van der Waals surface area (Å²) in [5.41, 5.74) is 14.3. The number of fused-ring (bicyclic) bond motifs is 1. The first-order chi connectivity index (χ1) is 9.66. The molecule has 4 atom stereocenters. The van der Waals surface area contributed by atoms with Crippen LogP contribution in [0.5, 0.6) is 0 Å². The molecule has 3 unspecified atom stereocenters. The lowest BCUT2D eigenvalue weighted by atomic mass is 9.72. The van der Waals surface area contributed by atoms with Crippen LogP contribution in [0.4, 0.5) is 0 Å². The smallest absolute Gasteiger partial charge is 0.237 e. The third-order valence-corrected chi connectivity index (χ3v) is 4.76. The normalized spacial score (nSPS) is 31.3. The second-order valence-electron chi connectivity index (χ2n) is 6.12. The minimum atomic E-state index is 0.0606. The number of hydrogen-bond acceptors (Lipinski definition) is 3. The molecular formula is C16H23N3O. The van der Waals surface area contributed by atoms with E-state index in [0.29, 0.717) is 5.92 Å². The Bertz CT molecular complexity index is 483. The fourth-order valence-corrected chi connectivity index (χ4v) is 3.57. The van der Waals surface area contributed by atoms with Crippen molar-refractivity contribution in [2.75, 3.05) is 0 Å². The lowest BCUT2D eigenvalue weighted by Crippen LogP contribution is -2.55. The Hall–Kier alpha value is -1.39. The number of benzene rings is 1. The van der Waals surface area contributed by atoms with Gasteiger partial charge in [-0.2, -0.15) is 0 Å². The predicted molar refractivity (Wildman–Crippen MR) is 78.5 cm³/mol. The standard InChI is InChI=1S/C16H23N3O/c1-10(17)11-6-8-12(9-7-11)15-13-4-2-3-5-14(13)16(20)19-18-15/h6-10,13-15,18H,2-5,17H2,1H3,(H,19,20)/t10-,13?,14?,15?/m1/s1. The van der Waals surface area contributed by atoms with Gasteiger partial charge in [0.25, 0.3) is 0 Å². The van der Waals surface area contributed by atoms with E-state index < -0.39 is 0 Å². The van der Waals surface area contributed by atoms with Crippen LogP contribution in [-0.4, -0.2) is 5.91 Å². The van der Waals surface area contributed by atoms with Crippen molar-refractivity contribution in [1.29, 1.82) is 0 Å². The molecule has 1 aromatic carbocycles. The van der Waals surface area contributed by atoms with E-state index in [1.807, 2.05) is 6.92 Å². The minimum Gasteiger partial charge on any atom is -0.324 e. The summed E-state index contributed by atoms with van der Waals surface area (Å²) in [4.78, 5) is 12.0. The number of hydrazine groups is 1. The third kappa shape index (κ3) is 2.45. The van der Waals surface area contributed by atoms with Crippen molar-refractivity contribution in [3.05, 3.63) is 35.4 Å². The van der Waals surface area contributed by atoms with Gasteiger partial charge in [0, 0.05) is 12.0 Å². The molecule has 2 aliphatic rings. The van der Waals surface area contributed by atoms with Gasteiger partial charge in [-0.25, -0.2) is 5.43 Å². The molecule has 1 aliphatic carbocycles. The predicted octanol–water partition coefficient (Wildman–Crippen LogP) is 2.19. The number of rotatable bonds is 2. The lowest BCUT2D eigenvalue weighted by molar-refractivity contribution is -0.133. The highest BCUT2D eigenvalue weighted by Crippen LogP contribution is 2.40. The van der Waals surface area contributed by atoms with Crippen LogP contribution < -0.4 is 16.6 Å². The first-order valence-corrected chi connectivity index (χ1v) is 7.57. The Morgan fingerprint density at radius 3 is 2.60 bits per heavy atom. The molecule has 3 rings (SSSR count). The summed E-state index contributed by atoms with van der Waals surface area (Å²) >= 11 is 0. The molecule has 1 heterocycles. The van der Waals surface area contributed by atoms with Crippen molar-refractivity contribution < 1.29 is 4.79 Å². The maximum Gasteiger partial charge on any atom is 0.237 e. The summed E-state index contributed by atoms with van der Waals surface area (Å²) in [5, 5.41) is 0. The summed E-state index contributed by atoms with van der Waals surface area (Å²) < 4.78 is 0. The van der Waals surface area contributed by atoms with E-state index in [-0.39, 0.29) is 23.9 Å². The van der Waals surface area contributed by atoms with Crippen molar-refractivity contribution in [2.45, 2.75) is 44.7 Å². The molecule has 0 aromatic heterocycles. The zero-order chi connectivity index (χ0) is 14.1. The Morgan fingerprint density at radius 1 is 1.20 bits per heavy atom. The molecule has 4 nitrogen and oxygen atoms in total. The second-order valence-corrected chi connectivity index (χ2v) is 6.12. The highest BCUT2D eigenvalue weighted by molar-refractivity contribution is 5.79. The lowest BCUT2D eigenvalue weighted by Gasteiger charge is -2.41. The van der Waals surface area contributed by atoms with Crippen LogP contribution in [0, 0.1) is 11.8 Å². The fraction of sp³-hybridized carbons (Fsp3) is 0.562. The number of hydrogen-bond donors (Lipinski definition) is 3. The fourth-order valence-electron chi connectivity index (χ4n) is 3.57. The topological polar surface area (TPSA) is 67.2 Å². The van der Waals surface area contributed by atoms with Crippen LogP contribution in [0.2, 0.25) is 0 Å². The molecule has 0 spiro atoms. The monoisotopic (exact) mass is 273 g/mol. The van der Waals surface area contributed by atoms with Gasteiger partial charge in [0.15, 0.2) is 0 Å². The average Bonchev–Trinajstić information content (AvgIpc) is 2.48. The number of nitrogens with one attached hydrogen (secondary N) is 2. The molecule has 108 valence electrons. The highest BCUT2D eigenvalue weighted by atomic mass is 16.2. The van der Waals surface area contributed by atoms with Crippen LogP contribution in [0.3, 0.4) is 0 Å². The molecule has 2 fully saturated rings. The molecule has 1 saturated carbocycles. The number of carbonyl (C=O) groups excluding carboxylic acids is 1. The molecule has 20 heavy (non-hydrogen) atoms. The van der Waals surface area contributed by atoms with Crippen molar-refractivity contribution in [2.24, 2.45) is 17.6 Å². The SMILES string of the molecule is C[C@@H](N)c1ccc(C2NNC(=O)C3CCCCC32)cc1. The van der Waals surface area contributed by atoms with Gasteiger partial charge in [-0.1, -0.05) is 37.1 Å².